The van der Waals surface area contributed by atoms with E-state index in [-0.39, 0.29) is 36.6 Å². The molecule has 2 aromatic rings. The molecule has 2 amide bonds. The van der Waals surface area contributed by atoms with Crippen LogP contribution in [0, 0.1) is 18.7 Å². The standard InChI is InChI=1S/C23H24F4N2O2/c1-14-8-17(6-7-21(14)24)18-10-19(13-29(12-18)15(2)30)22(31)28-11-16-4-3-5-20(9-16)23(25,26)27/h3-9,18-19H,10-13H2,1-2H3,(H,28,31)/t18-,19-/m0/s1. The van der Waals surface area contributed by atoms with Crippen molar-refractivity contribution in [3.8, 4) is 0 Å². The van der Waals surface area contributed by atoms with Crippen molar-refractivity contribution in [1.82, 2.24) is 10.2 Å². The Kier molecular flexibility index (Phi) is 6.67. The van der Waals surface area contributed by atoms with Crippen LogP contribution in [-0.4, -0.2) is 29.8 Å². The molecule has 0 bridgehead atoms. The number of piperidine rings is 1. The second-order valence-corrected chi connectivity index (χ2v) is 7.98. The summed E-state index contributed by atoms with van der Waals surface area (Å²) >= 11 is 0. The number of carbonyl (C=O) groups is 2. The zero-order valence-electron chi connectivity index (χ0n) is 17.3. The first-order chi connectivity index (χ1) is 14.5. The zero-order valence-corrected chi connectivity index (χ0v) is 17.3. The number of alkyl halides is 3. The molecule has 0 aliphatic carbocycles. The van der Waals surface area contributed by atoms with Gasteiger partial charge < -0.3 is 10.2 Å². The molecule has 1 aliphatic heterocycles. The van der Waals surface area contributed by atoms with Gasteiger partial charge in [-0.25, -0.2) is 4.39 Å². The monoisotopic (exact) mass is 436 g/mol. The minimum absolute atomic E-state index is 0.0420. The molecule has 1 aliphatic rings. The van der Waals surface area contributed by atoms with Crippen molar-refractivity contribution in [3.63, 3.8) is 0 Å². The van der Waals surface area contributed by atoms with E-state index in [9.17, 15) is 27.2 Å². The van der Waals surface area contributed by atoms with Crippen LogP contribution < -0.4 is 5.32 Å². The maximum absolute atomic E-state index is 13.6. The highest BCUT2D eigenvalue weighted by Gasteiger charge is 2.34. The first kappa shape index (κ1) is 22.8. The summed E-state index contributed by atoms with van der Waals surface area (Å²) in [5.41, 5.74) is 0.906. The van der Waals surface area contributed by atoms with Gasteiger partial charge in [-0.15, -0.1) is 0 Å². The summed E-state index contributed by atoms with van der Waals surface area (Å²) in [7, 11) is 0. The molecule has 1 N–H and O–H groups in total. The molecular weight excluding hydrogens is 412 g/mol. The van der Waals surface area contributed by atoms with E-state index < -0.39 is 17.7 Å². The summed E-state index contributed by atoms with van der Waals surface area (Å²) in [4.78, 5) is 26.4. The average molecular weight is 436 g/mol. The van der Waals surface area contributed by atoms with Gasteiger partial charge in [0.05, 0.1) is 11.5 Å². The number of nitrogens with zero attached hydrogens (tertiary/aromatic N) is 1. The van der Waals surface area contributed by atoms with Crippen molar-refractivity contribution in [3.05, 3.63) is 70.5 Å². The zero-order chi connectivity index (χ0) is 22.8. The van der Waals surface area contributed by atoms with Gasteiger partial charge in [-0.05, 0) is 48.2 Å². The number of hydrogen-bond donors (Lipinski definition) is 1. The lowest BCUT2D eigenvalue weighted by Gasteiger charge is -2.37. The fraction of sp³-hybridized carbons (Fsp3) is 0.391. The summed E-state index contributed by atoms with van der Waals surface area (Å²) in [6, 6.07) is 9.56. The Morgan fingerprint density at radius 2 is 1.87 bits per heavy atom. The van der Waals surface area contributed by atoms with E-state index >= 15 is 0 Å². The van der Waals surface area contributed by atoms with Crippen LogP contribution in [0.3, 0.4) is 0 Å². The van der Waals surface area contributed by atoms with Crippen molar-refractivity contribution in [2.24, 2.45) is 5.92 Å². The molecule has 1 heterocycles. The molecule has 0 radical (unpaired) electrons. The number of nitrogens with one attached hydrogen (secondary N) is 1. The molecular formula is C23H24F4N2O2. The number of amides is 2. The Morgan fingerprint density at radius 1 is 1.13 bits per heavy atom. The van der Waals surface area contributed by atoms with Gasteiger partial charge in [0, 0.05) is 32.5 Å². The van der Waals surface area contributed by atoms with E-state index in [0.717, 1.165) is 17.7 Å². The molecule has 1 saturated heterocycles. The van der Waals surface area contributed by atoms with E-state index in [0.29, 0.717) is 24.1 Å². The van der Waals surface area contributed by atoms with E-state index in [1.807, 2.05) is 0 Å². The van der Waals surface area contributed by atoms with Gasteiger partial charge in [-0.3, -0.25) is 9.59 Å². The second kappa shape index (κ2) is 9.08. The fourth-order valence-electron chi connectivity index (χ4n) is 3.90. The van der Waals surface area contributed by atoms with Crippen molar-refractivity contribution < 1.29 is 27.2 Å². The first-order valence-electron chi connectivity index (χ1n) is 10.00. The van der Waals surface area contributed by atoms with Crippen molar-refractivity contribution in [2.75, 3.05) is 13.1 Å². The maximum atomic E-state index is 13.6. The first-order valence-corrected chi connectivity index (χ1v) is 10.00. The van der Waals surface area contributed by atoms with Gasteiger partial charge in [0.2, 0.25) is 11.8 Å². The molecule has 3 rings (SSSR count). The van der Waals surface area contributed by atoms with E-state index in [4.69, 9.17) is 0 Å². The lowest BCUT2D eigenvalue weighted by molar-refractivity contribution is -0.137. The number of halogens is 4. The van der Waals surface area contributed by atoms with Crippen LogP contribution in [0.15, 0.2) is 42.5 Å². The molecule has 31 heavy (non-hydrogen) atoms. The minimum Gasteiger partial charge on any atom is -0.352 e. The highest BCUT2D eigenvalue weighted by molar-refractivity contribution is 5.81. The highest BCUT2D eigenvalue weighted by Crippen LogP contribution is 2.32. The van der Waals surface area contributed by atoms with Gasteiger partial charge in [-0.2, -0.15) is 13.2 Å². The van der Waals surface area contributed by atoms with Crippen LogP contribution >= 0.6 is 0 Å². The fourth-order valence-corrected chi connectivity index (χ4v) is 3.90. The van der Waals surface area contributed by atoms with E-state index in [1.165, 1.54) is 25.1 Å². The Balaban J connectivity index is 1.72. The van der Waals surface area contributed by atoms with E-state index in [2.05, 4.69) is 5.32 Å². The van der Waals surface area contributed by atoms with Crippen LogP contribution in [0.5, 0.6) is 0 Å². The van der Waals surface area contributed by atoms with Crippen LogP contribution in [0.2, 0.25) is 0 Å². The molecule has 0 saturated carbocycles. The molecule has 2 aromatic carbocycles. The van der Waals surface area contributed by atoms with Gasteiger partial charge in [0.25, 0.3) is 0 Å². The van der Waals surface area contributed by atoms with Gasteiger partial charge in [0.1, 0.15) is 5.82 Å². The predicted molar refractivity (Wildman–Crippen MR) is 108 cm³/mol. The average Bonchev–Trinajstić information content (AvgIpc) is 2.73. The highest BCUT2D eigenvalue weighted by atomic mass is 19.4. The second-order valence-electron chi connectivity index (χ2n) is 7.98. The maximum Gasteiger partial charge on any atom is 0.416 e. The molecule has 4 nitrogen and oxygen atoms in total. The normalized spacial score (nSPS) is 19.2. The number of aryl methyl sites for hydroxylation is 1. The van der Waals surface area contributed by atoms with Gasteiger partial charge >= 0.3 is 6.18 Å². The Morgan fingerprint density at radius 3 is 2.52 bits per heavy atom. The van der Waals surface area contributed by atoms with Crippen molar-refractivity contribution in [1.29, 1.82) is 0 Å². The Bertz CT molecular complexity index is 974. The van der Waals surface area contributed by atoms with Gasteiger partial charge in [-0.1, -0.05) is 24.3 Å². The number of hydrogen-bond acceptors (Lipinski definition) is 2. The molecule has 0 unspecified atom stereocenters. The molecule has 8 heteroatoms. The lowest BCUT2D eigenvalue weighted by atomic mass is 9.83. The van der Waals surface area contributed by atoms with Gasteiger partial charge in [0.15, 0.2) is 0 Å². The number of benzene rings is 2. The molecule has 166 valence electrons. The van der Waals surface area contributed by atoms with Crippen molar-refractivity contribution >= 4 is 11.8 Å². The quantitative estimate of drug-likeness (QED) is 0.722. The summed E-state index contributed by atoms with van der Waals surface area (Å²) in [5.74, 6) is -1.47. The molecule has 0 aromatic heterocycles. The third-order valence-corrected chi connectivity index (χ3v) is 5.64. The Labute approximate surface area is 178 Å². The molecule has 0 spiro atoms. The third-order valence-electron chi connectivity index (χ3n) is 5.64. The summed E-state index contributed by atoms with van der Waals surface area (Å²) in [5, 5.41) is 2.70. The Hall–Kier alpha value is -2.90. The van der Waals surface area contributed by atoms with Crippen LogP contribution in [0.25, 0.3) is 0 Å². The number of carbonyl (C=O) groups excluding carboxylic acids is 2. The summed E-state index contributed by atoms with van der Waals surface area (Å²) in [6.07, 6.45) is -3.99. The lowest BCUT2D eigenvalue weighted by Crippen LogP contribution is -2.47. The van der Waals surface area contributed by atoms with Crippen LogP contribution in [0.4, 0.5) is 17.6 Å². The summed E-state index contributed by atoms with van der Waals surface area (Å²) in [6.45, 7) is 3.71. The predicted octanol–water partition coefficient (Wildman–Crippen LogP) is 4.42. The molecule has 2 atom stereocenters. The number of likely N-dealkylation sites (tertiary alicyclic amines) is 1. The third kappa shape index (κ3) is 5.62. The largest absolute Gasteiger partial charge is 0.416 e. The molecule has 1 fully saturated rings. The summed E-state index contributed by atoms with van der Waals surface area (Å²) < 4.78 is 52.3. The number of rotatable bonds is 4. The van der Waals surface area contributed by atoms with Crippen LogP contribution in [0.1, 0.15) is 41.5 Å². The van der Waals surface area contributed by atoms with Crippen LogP contribution in [-0.2, 0) is 22.3 Å². The van der Waals surface area contributed by atoms with Crippen molar-refractivity contribution in [2.45, 2.75) is 38.9 Å². The minimum atomic E-state index is -4.45. The van der Waals surface area contributed by atoms with E-state index in [1.54, 1.807) is 24.0 Å². The SMILES string of the molecule is CC(=O)N1C[C@@H](C(=O)NCc2cccc(C(F)(F)F)c2)C[C@H](c2ccc(F)c(C)c2)C1. The topological polar surface area (TPSA) is 49.4 Å². The smallest absolute Gasteiger partial charge is 0.352 e.